The molecule has 2 saturated carbocycles. The maximum absolute atomic E-state index is 12.6. The van der Waals surface area contributed by atoms with Crippen LogP contribution in [0, 0.1) is 5.92 Å². The first-order chi connectivity index (χ1) is 13.9. The van der Waals surface area contributed by atoms with Crippen molar-refractivity contribution in [3.63, 3.8) is 0 Å². The van der Waals surface area contributed by atoms with E-state index in [1.54, 1.807) is 7.11 Å². The molecule has 5 unspecified atom stereocenters. The van der Waals surface area contributed by atoms with Crippen LogP contribution in [0.5, 0.6) is 0 Å². The van der Waals surface area contributed by atoms with Crippen LogP contribution in [0.3, 0.4) is 0 Å². The summed E-state index contributed by atoms with van der Waals surface area (Å²) in [6.45, 7) is 4.85. The highest BCUT2D eigenvalue weighted by Crippen LogP contribution is 2.54. The van der Waals surface area contributed by atoms with Crippen molar-refractivity contribution in [1.82, 2.24) is 5.32 Å². The van der Waals surface area contributed by atoms with Crippen LogP contribution in [0.2, 0.25) is 0 Å². The number of carbonyl (C=O) groups excluding carboxylic acids is 1. The van der Waals surface area contributed by atoms with Crippen molar-refractivity contribution in [2.75, 3.05) is 20.3 Å². The van der Waals surface area contributed by atoms with Crippen LogP contribution in [-0.2, 0) is 18.9 Å². The standard InChI is InChI=1S/C22H35NO6/c1-14(2)6-7-15-19(28-15)17-18(26-3)16(8-11-22(17)13-27-22)29-20(25)23-21(12-24)9-4-5-10-21/h6,15-19,24H,4-5,7-13H2,1-3H3,(H,23,25)/t15-,16?,17?,18?,19?,22?/m1/s1. The Morgan fingerprint density at radius 1 is 1.28 bits per heavy atom. The van der Waals surface area contributed by atoms with E-state index < -0.39 is 11.6 Å². The normalized spacial score (nSPS) is 39.8. The minimum absolute atomic E-state index is 0.0536. The van der Waals surface area contributed by atoms with E-state index in [0.717, 1.165) is 45.1 Å². The number of amides is 1. The van der Waals surface area contributed by atoms with Gasteiger partial charge in [0.2, 0.25) is 0 Å². The average Bonchev–Trinajstić information content (AvgIpc) is 3.60. The maximum Gasteiger partial charge on any atom is 0.408 e. The SMILES string of the molecule is COC1C(OC(=O)NC2(CO)CCCC2)CCC2(CO2)C1C1O[C@@H]1CC=C(C)C. The van der Waals surface area contributed by atoms with Gasteiger partial charge >= 0.3 is 6.09 Å². The smallest absolute Gasteiger partial charge is 0.408 e. The Balaban J connectivity index is 1.41. The number of nitrogens with one attached hydrogen (secondary N) is 1. The number of methoxy groups -OCH3 is 1. The minimum atomic E-state index is -0.538. The van der Waals surface area contributed by atoms with Gasteiger partial charge in [-0.15, -0.1) is 0 Å². The summed E-state index contributed by atoms with van der Waals surface area (Å²) in [7, 11) is 1.67. The molecule has 164 valence electrons. The molecule has 0 aromatic heterocycles. The van der Waals surface area contributed by atoms with Crippen molar-refractivity contribution in [3.8, 4) is 0 Å². The van der Waals surface area contributed by atoms with Crippen molar-refractivity contribution in [2.45, 2.75) is 94.3 Å². The zero-order valence-electron chi connectivity index (χ0n) is 17.8. The van der Waals surface area contributed by atoms with Crippen molar-refractivity contribution in [1.29, 1.82) is 0 Å². The van der Waals surface area contributed by atoms with Crippen molar-refractivity contribution in [3.05, 3.63) is 11.6 Å². The highest BCUT2D eigenvalue weighted by Gasteiger charge is 2.66. The fraction of sp³-hybridized carbons (Fsp3) is 0.864. The van der Waals surface area contributed by atoms with Crippen LogP contribution < -0.4 is 5.32 Å². The number of allylic oxidation sites excluding steroid dienone is 1. The molecule has 0 radical (unpaired) electrons. The molecular weight excluding hydrogens is 374 g/mol. The molecule has 2 aliphatic heterocycles. The summed E-state index contributed by atoms with van der Waals surface area (Å²) in [5.41, 5.74) is 0.550. The van der Waals surface area contributed by atoms with Gasteiger partial charge < -0.3 is 29.4 Å². The van der Waals surface area contributed by atoms with Crippen LogP contribution in [-0.4, -0.2) is 67.1 Å². The summed E-state index contributed by atoms with van der Waals surface area (Å²) in [6.07, 6.45) is 7.44. The van der Waals surface area contributed by atoms with E-state index in [-0.39, 0.29) is 42.5 Å². The minimum Gasteiger partial charge on any atom is -0.443 e. The summed E-state index contributed by atoms with van der Waals surface area (Å²) >= 11 is 0. The molecule has 0 bridgehead atoms. The first-order valence-corrected chi connectivity index (χ1v) is 11.0. The Hall–Kier alpha value is -1.15. The van der Waals surface area contributed by atoms with Crippen molar-refractivity contribution in [2.24, 2.45) is 5.92 Å². The molecule has 7 heteroatoms. The van der Waals surface area contributed by atoms with Gasteiger partial charge in [-0.25, -0.2) is 4.79 Å². The van der Waals surface area contributed by atoms with Gasteiger partial charge in [0, 0.05) is 13.0 Å². The van der Waals surface area contributed by atoms with E-state index in [1.807, 2.05) is 0 Å². The Bertz CT molecular complexity index is 635. The third-order valence-electron chi connectivity index (χ3n) is 7.19. The summed E-state index contributed by atoms with van der Waals surface area (Å²) < 4.78 is 23.6. The van der Waals surface area contributed by atoms with Gasteiger partial charge in [0.1, 0.15) is 12.2 Å². The largest absolute Gasteiger partial charge is 0.443 e. The quantitative estimate of drug-likeness (QED) is 0.496. The van der Waals surface area contributed by atoms with Gasteiger partial charge in [-0.2, -0.15) is 0 Å². The molecule has 4 rings (SSSR count). The van der Waals surface area contributed by atoms with E-state index in [2.05, 4.69) is 25.2 Å². The number of aliphatic hydroxyl groups excluding tert-OH is 1. The lowest BCUT2D eigenvalue weighted by Gasteiger charge is -2.40. The second-order valence-corrected chi connectivity index (χ2v) is 9.49. The van der Waals surface area contributed by atoms with E-state index in [9.17, 15) is 9.90 Å². The molecule has 2 aliphatic carbocycles. The molecule has 29 heavy (non-hydrogen) atoms. The zero-order chi connectivity index (χ0) is 20.6. The topological polar surface area (TPSA) is 92.9 Å². The fourth-order valence-corrected chi connectivity index (χ4v) is 5.36. The van der Waals surface area contributed by atoms with Crippen LogP contribution in [0.15, 0.2) is 11.6 Å². The van der Waals surface area contributed by atoms with Gasteiger partial charge in [0.25, 0.3) is 0 Å². The Labute approximate surface area is 173 Å². The molecule has 4 fully saturated rings. The molecule has 6 atom stereocenters. The summed E-state index contributed by atoms with van der Waals surface area (Å²) in [4.78, 5) is 12.6. The maximum atomic E-state index is 12.6. The van der Waals surface area contributed by atoms with Gasteiger partial charge in [0.15, 0.2) is 0 Å². The highest BCUT2D eigenvalue weighted by atomic mass is 16.6. The first kappa shape index (κ1) is 21.1. The molecule has 2 heterocycles. The number of rotatable bonds is 7. The predicted octanol–water partition coefficient (Wildman–Crippen LogP) is 2.70. The summed E-state index contributed by atoms with van der Waals surface area (Å²) in [5.74, 6) is 0.0629. The van der Waals surface area contributed by atoms with Gasteiger partial charge in [0.05, 0.1) is 36.6 Å². The van der Waals surface area contributed by atoms with E-state index in [0.29, 0.717) is 6.42 Å². The molecule has 2 N–H and O–H groups in total. The van der Waals surface area contributed by atoms with Gasteiger partial charge in [-0.1, -0.05) is 24.5 Å². The van der Waals surface area contributed by atoms with Gasteiger partial charge in [-0.3, -0.25) is 0 Å². The lowest BCUT2D eigenvalue weighted by molar-refractivity contribution is -0.106. The molecule has 0 aromatic rings. The lowest BCUT2D eigenvalue weighted by atomic mass is 9.73. The monoisotopic (exact) mass is 409 g/mol. The third kappa shape index (κ3) is 4.33. The molecular formula is C22H35NO6. The van der Waals surface area contributed by atoms with E-state index in [4.69, 9.17) is 18.9 Å². The van der Waals surface area contributed by atoms with Crippen molar-refractivity contribution < 1.29 is 28.8 Å². The number of epoxide rings is 2. The van der Waals surface area contributed by atoms with Crippen LogP contribution >= 0.6 is 0 Å². The fourth-order valence-electron chi connectivity index (χ4n) is 5.36. The Kier molecular flexibility index (Phi) is 5.95. The first-order valence-electron chi connectivity index (χ1n) is 11.0. The van der Waals surface area contributed by atoms with Crippen LogP contribution in [0.25, 0.3) is 0 Å². The third-order valence-corrected chi connectivity index (χ3v) is 7.19. The average molecular weight is 410 g/mol. The molecule has 1 amide bonds. The second kappa shape index (κ2) is 8.17. The number of carbonyl (C=O) groups is 1. The van der Waals surface area contributed by atoms with Crippen molar-refractivity contribution >= 4 is 6.09 Å². The molecule has 0 aromatic carbocycles. The van der Waals surface area contributed by atoms with Crippen LogP contribution in [0.1, 0.15) is 58.8 Å². The number of alkyl carbamates (subject to hydrolysis) is 1. The number of ether oxygens (including phenoxy) is 4. The number of aliphatic hydroxyl groups is 1. The molecule has 4 aliphatic rings. The second-order valence-electron chi connectivity index (χ2n) is 9.49. The Morgan fingerprint density at radius 2 is 2.00 bits per heavy atom. The van der Waals surface area contributed by atoms with E-state index >= 15 is 0 Å². The van der Waals surface area contributed by atoms with E-state index in [1.165, 1.54) is 5.57 Å². The summed E-state index contributed by atoms with van der Waals surface area (Å²) in [5, 5.41) is 12.7. The predicted molar refractivity (Wildman–Crippen MR) is 107 cm³/mol. The molecule has 1 spiro atoms. The lowest BCUT2D eigenvalue weighted by Crippen LogP contribution is -2.55. The zero-order valence-corrected chi connectivity index (χ0v) is 17.8. The Morgan fingerprint density at radius 3 is 2.59 bits per heavy atom. The molecule has 7 nitrogen and oxygen atoms in total. The number of hydrogen-bond acceptors (Lipinski definition) is 6. The summed E-state index contributed by atoms with van der Waals surface area (Å²) in [6, 6.07) is 0. The highest BCUT2D eigenvalue weighted by molar-refractivity contribution is 5.68. The number of hydrogen-bond donors (Lipinski definition) is 2. The molecule has 2 saturated heterocycles. The van der Waals surface area contributed by atoms with Crippen LogP contribution in [0.4, 0.5) is 4.79 Å². The van der Waals surface area contributed by atoms with Gasteiger partial charge in [-0.05, 0) is 46.0 Å².